The Morgan fingerprint density at radius 1 is 1.00 bits per heavy atom. The number of carbonyl (C=O) groups excluding carboxylic acids is 1. The number of amides is 2. The molecule has 2 fully saturated rings. The molecule has 0 spiro atoms. The zero-order valence-corrected chi connectivity index (χ0v) is 13.3. The molecule has 1 aliphatic heterocycles. The fourth-order valence-electron chi connectivity index (χ4n) is 3.60. The van der Waals surface area contributed by atoms with E-state index >= 15 is 0 Å². The lowest BCUT2D eigenvalue weighted by Gasteiger charge is -2.40. The van der Waals surface area contributed by atoms with E-state index in [0.29, 0.717) is 19.4 Å². The minimum atomic E-state index is -1.06. The highest BCUT2D eigenvalue weighted by Crippen LogP contribution is 2.30. The van der Waals surface area contributed by atoms with Crippen LogP contribution in [0.3, 0.4) is 0 Å². The minimum absolute atomic E-state index is 0.120. The van der Waals surface area contributed by atoms with Crippen molar-refractivity contribution in [1.82, 2.24) is 10.2 Å². The Kier molecular flexibility index (Phi) is 4.79. The second-order valence-corrected chi connectivity index (χ2v) is 7.42. The van der Waals surface area contributed by atoms with Crippen molar-refractivity contribution in [1.29, 1.82) is 0 Å². The quantitative estimate of drug-likeness (QED) is 0.770. The number of urea groups is 1. The predicted molar refractivity (Wildman–Crippen MR) is 81.2 cm³/mol. The molecule has 0 bridgehead atoms. The first kappa shape index (κ1) is 16.1. The maximum Gasteiger partial charge on any atom is 0.329 e. The highest BCUT2D eigenvalue weighted by atomic mass is 16.4. The number of nitrogens with zero attached hydrogens (tertiary/aromatic N) is 1. The third kappa shape index (κ3) is 3.89. The van der Waals surface area contributed by atoms with Crippen LogP contribution < -0.4 is 5.32 Å². The monoisotopic (exact) mass is 296 g/mol. The molecule has 2 rings (SSSR count). The van der Waals surface area contributed by atoms with Gasteiger partial charge in [-0.1, -0.05) is 39.5 Å². The summed E-state index contributed by atoms with van der Waals surface area (Å²) in [5.74, 6) is -0.881. The van der Waals surface area contributed by atoms with Crippen molar-refractivity contribution in [2.45, 2.75) is 70.8 Å². The summed E-state index contributed by atoms with van der Waals surface area (Å²) in [7, 11) is 0. The van der Waals surface area contributed by atoms with Gasteiger partial charge in [-0.3, -0.25) is 0 Å². The van der Waals surface area contributed by atoms with Crippen molar-refractivity contribution in [3.63, 3.8) is 0 Å². The van der Waals surface area contributed by atoms with Crippen molar-refractivity contribution >= 4 is 12.0 Å². The topological polar surface area (TPSA) is 69.6 Å². The first-order chi connectivity index (χ1) is 9.85. The summed E-state index contributed by atoms with van der Waals surface area (Å²) in [6.07, 6.45) is 7.05. The summed E-state index contributed by atoms with van der Waals surface area (Å²) < 4.78 is 0. The lowest BCUT2D eigenvalue weighted by atomic mass is 9.84. The van der Waals surface area contributed by atoms with Gasteiger partial charge in [0.05, 0.1) is 0 Å². The number of rotatable bonds is 2. The second kappa shape index (κ2) is 6.24. The van der Waals surface area contributed by atoms with Gasteiger partial charge in [0.1, 0.15) is 5.54 Å². The smallest absolute Gasteiger partial charge is 0.329 e. The summed E-state index contributed by atoms with van der Waals surface area (Å²) in [4.78, 5) is 26.1. The van der Waals surface area contributed by atoms with E-state index < -0.39 is 11.5 Å². The molecule has 0 radical (unpaired) electrons. The van der Waals surface area contributed by atoms with Crippen LogP contribution >= 0.6 is 0 Å². The second-order valence-electron chi connectivity index (χ2n) is 7.42. The largest absolute Gasteiger partial charge is 0.480 e. The Hall–Kier alpha value is -1.26. The molecule has 1 saturated carbocycles. The molecule has 2 N–H and O–H groups in total. The highest BCUT2D eigenvalue weighted by molar-refractivity contribution is 5.86. The predicted octanol–water partition coefficient (Wildman–Crippen LogP) is 3.00. The van der Waals surface area contributed by atoms with Crippen molar-refractivity contribution in [2.75, 3.05) is 13.1 Å². The van der Waals surface area contributed by atoms with Crippen LogP contribution in [0.1, 0.15) is 65.2 Å². The van der Waals surface area contributed by atoms with Gasteiger partial charge in [0, 0.05) is 13.1 Å². The van der Waals surface area contributed by atoms with Crippen molar-refractivity contribution < 1.29 is 14.7 Å². The molecule has 0 aromatic heterocycles. The molecule has 5 heteroatoms. The normalized spacial score (nSPS) is 25.0. The van der Waals surface area contributed by atoms with Gasteiger partial charge in [-0.05, 0) is 31.1 Å². The molecule has 0 aromatic carbocycles. The number of nitrogens with one attached hydrogen (secondary N) is 1. The van der Waals surface area contributed by atoms with E-state index in [-0.39, 0.29) is 11.4 Å². The van der Waals surface area contributed by atoms with E-state index in [9.17, 15) is 14.7 Å². The molecule has 1 saturated heterocycles. The van der Waals surface area contributed by atoms with Gasteiger partial charge in [0.2, 0.25) is 0 Å². The zero-order valence-electron chi connectivity index (χ0n) is 13.3. The van der Waals surface area contributed by atoms with E-state index in [4.69, 9.17) is 0 Å². The van der Waals surface area contributed by atoms with E-state index in [1.165, 1.54) is 0 Å². The van der Waals surface area contributed by atoms with Crippen LogP contribution in [0.15, 0.2) is 0 Å². The SMILES string of the molecule is CC1(C)CCCN(C(=O)NC2(C(=O)O)CCCCCC2)C1. The van der Waals surface area contributed by atoms with Crippen LogP contribution in [0.5, 0.6) is 0 Å². The average molecular weight is 296 g/mol. The lowest BCUT2D eigenvalue weighted by molar-refractivity contribution is -0.145. The van der Waals surface area contributed by atoms with Gasteiger partial charge < -0.3 is 15.3 Å². The summed E-state index contributed by atoms with van der Waals surface area (Å²) in [6.45, 7) is 5.75. The van der Waals surface area contributed by atoms with E-state index in [2.05, 4.69) is 19.2 Å². The van der Waals surface area contributed by atoms with E-state index in [1.807, 2.05) is 0 Å². The molecular formula is C16H28N2O3. The van der Waals surface area contributed by atoms with Crippen LogP contribution in [0.2, 0.25) is 0 Å². The lowest BCUT2D eigenvalue weighted by Crippen LogP contribution is -2.59. The summed E-state index contributed by atoms with van der Waals surface area (Å²) in [5.41, 5.74) is -0.940. The maximum atomic E-state index is 12.5. The van der Waals surface area contributed by atoms with E-state index in [1.54, 1.807) is 4.90 Å². The van der Waals surface area contributed by atoms with Crippen LogP contribution in [-0.2, 0) is 4.79 Å². The molecular weight excluding hydrogens is 268 g/mol. The fraction of sp³-hybridized carbons (Fsp3) is 0.875. The van der Waals surface area contributed by atoms with Gasteiger partial charge in [-0.2, -0.15) is 0 Å². The Labute approximate surface area is 127 Å². The van der Waals surface area contributed by atoms with Crippen molar-refractivity contribution in [3.8, 4) is 0 Å². The summed E-state index contributed by atoms with van der Waals surface area (Å²) in [5, 5.41) is 12.5. The Morgan fingerprint density at radius 3 is 2.14 bits per heavy atom. The number of piperidine rings is 1. The summed E-state index contributed by atoms with van der Waals surface area (Å²) in [6, 6.07) is -0.202. The molecule has 0 unspecified atom stereocenters. The number of carboxylic acid groups (broad SMARTS) is 1. The van der Waals surface area contributed by atoms with Crippen molar-refractivity contribution in [2.24, 2.45) is 5.41 Å². The molecule has 21 heavy (non-hydrogen) atoms. The Morgan fingerprint density at radius 2 is 1.62 bits per heavy atom. The minimum Gasteiger partial charge on any atom is -0.480 e. The standard InChI is InChI=1S/C16H28N2O3/c1-15(2)8-7-11-18(12-15)14(21)17-16(13(19)20)9-5-3-4-6-10-16/h3-12H2,1-2H3,(H,17,21)(H,19,20). The number of carbonyl (C=O) groups is 2. The van der Waals surface area contributed by atoms with Crippen LogP contribution in [-0.4, -0.2) is 40.6 Å². The van der Waals surface area contributed by atoms with Crippen LogP contribution in [0.25, 0.3) is 0 Å². The number of hydrogen-bond acceptors (Lipinski definition) is 2. The molecule has 2 amide bonds. The number of likely N-dealkylation sites (tertiary alicyclic amines) is 1. The first-order valence-electron chi connectivity index (χ1n) is 8.15. The van der Waals surface area contributed by atoms with Gasteiger partial charge in [-0.25, -0.2) is 9.59 Å². The molecule has 0 atom stereocenters. The molecule has 5 nitrogen and oxygen atoms in total. The van der Waals surface area contributed by atoms with Crippen LogP contribution in [0, 0.1) is 5.41 Å². The average Bonchev–Trinajstić information content (AvgIpc) is 2.64. The van der Waals surface area contributed by atoms with Gasteiger partial charge in [0.15, 0.2) is 0 Å². The molecule has 120 valence electrons. The third-order valence-electron chi connectivity index (χ3n) is 4.90. The van der Waals surface area contributed by atoms with Gasteiger partial charge in [0.25, 0.3) is 0 Å². The van der Waals surface area contributed by atoms with Crippen LogP contribution in [0.4, 0.5) is 4.79 Å². The van der Waals surface area contributed by atoms with Crippen molar-refractivity contribution in [3.05, 3.63) is 0 Å². The highest BCUT2D eigenvalue weighted by Gasteiger charge is 2.41. The van der Waals surface area contributed by atoms with Gasteiger partial charge in [-0.15, -0.1) is 0 Å². The third-order valence-corrected chi connectivity index (χ3v) is 4.90. The number of aliphatic carboxylic acids is 1. The van der Waals surface area contributed by atoms with Gasteiger partial charge >= 0.3 is 12.0 Å². The molecule has 1 heterocycles. The Bertz CT molecular complexity index is 398. The number of carboxylic acids is 1. The first-order valence-corrected chi connectivity index (χ1v) is 8.15. The van der Waals surface area contributed by atoms with E-state index in [0.717, 1.165) is 45.1 Å². The summed E-state index contributed by atoms with van der Waals surface area (Å²) >= 11 is 0. The Balaban J connectivity index is 2.06. The molecule has 2 aliphatic rings. The maximum absolute atomic E-state index is 12.5. The molecule has 0 aromatic rings. The number of hydrogen-bond donors (Lipinski definition) is 2. The zero-order chi connectivity index (χ0) is 15.5. The molecule has 1 aliphatic carbocycles. The fourth-order valence-corrected chi connectivity index (χ4v) is 3.60.